The summed E-state index contributed by atoms with van der Waals surface area (Å²) in [6.07, 6.45) is 0. The van der Waals surface area contributed by atoms with Gasteiger partial charge < -0.3 is 4.90 Å². The van der Waals surface area contributed by atoms with Crippen molar-refractivity contribution in [1.29, 1.82) is 0 Å². The van der Waals surface area contributed by atoms with Crippen molar-refractivity contribution < 1.29 is 0 Å². The maximum absolute atomic E-state index is 2.49. The van der Waals surface area contributed by atoms with Crippen LogP contribution in [0.4, 0.5) is 17.1 Å². The van der Waals surface area contributed by atoms with E-state index in [0.29, 0.717) is 0 Å². The summed E-state index contributed by atoms with van der Waals surface area (Å²) in [5.41, 5.74) is 13.1. The van der Waals surface area contributed by atoms with Crippen molar-refractivity contribution >= 4 is 91.7 Å². The molecule has 308 valence electrons. The number of thiophene rings is 1. The fourth-order valence-electron chi connectivity index (χ4n) is 10.5. The van der Waals surface area contributed by atoms with E-state index in [2.05, 4.69) is 254 Å². The summed E-state index contributed by atoms with van der Waals surface area (Å²) in [5.74, 6) is 0. The van der Waals surface area contributed by atoms with Crippen LogP contribution in [0.3, 0.4) is 0 Å². The van der Waals surface area contributed by atoms with Crippen molar-refractivity contribution in [2.45, 2.75) is 0 Å². The van der Waals surface area contributed by atoms with E-state index >= 15 is 0 Å². The van der Waals surface area contributed by atoms with Crippen LogP contribution in [-0.2, 0) is 0 Å². The Morgan fingerprint density at radius 2 is 0.803 bits per heavy atom. The van der Waals surface area contributed by atoms with Crippen LogP contribution in [-0.4, -0.2) is 0 Å². The molecule has 0 saturated heterocycles. The second kappa shape index (κ2) is 15.7. The molecule has 1 aromatic heterocycles. The third-order valence-electron chi connectivity index (χ3n) is 13.5. The van der Waals surface area contributed by atoms with Crippen LogP contribution in [0.1, 0.15) is 0 Å². The molecule has 13 rings (SSSR count). The highest BCUT2D eigenvalue weighted by molar-refractivity contribution is 7.26. The third kappa shape index (κ3) is 6.22. The number of para-hydroxylation sites is 1. The van der Waals surface area contributed by atoms with Gasteiger partial charge in [-0.3, -0.25) is 0 Å². The summed E-state index contributed by atoms with van der Waals surface area (Å²) in [6, 6.07) is 91.6. The zero-order chi connectivity index (χ0) is 43.6. The van der Waals surface area contributed by atoms with Crippen LogP contribution < -0.4 is 4.90 Å². The fraction of sp³-hybridized carbons (Fsp3) is 0. The summed E-state index contributed by atoms with van der Waals surface area (Å²) in [4.78, 5) is 2.49. The standard InChI is InChI=1S/C64H41NS/c1-3-18-44(19-4-1)62-56-26-10-9-24-52(56)54-40-36-46(41-58(54)63(62)45-20-5-2-6-21-45)50-23-11-13-30-59(50)65(60-31-16-29-57-55-25-12-14-32-61(55)66-64(57)60)47-37-33-43(34-38-47)49-27-15-28-51-48-22-8-7-17-42(48)35-39-53(49)51/h1-41H. The summed E-state index contributed by atoms with van der Waals surface area (Å²) in [6.45, 7) is 0. The monoisotopic (exact) mass is 855 g/mol. The molecule has 0 N–H and O–H groups in total. The molecule has 1 heterocycles. The molecule has 12 aromatic carbocycles. The number of hydrogen-bond donors (Lipinski definition) is 0. The third-order valence-corrected chi connectivity index (χ3v) is 14.7. The number of rotatable bonds is 7. The van der Waals surface area contributed by atoms with Crippen LogP contribution in [0.2, 0.25) is 0 Å². The Balaban J connectivity index is 1.04. The van der Waals surface area contributed by atoms with Gasteiger partial charge in [-0.25, -0.2) is 0 Å². The predicted octanol–water partition coefficient (Wildman–Crippen LogP) is 18.8. The molecule has 13 aromatic rings. The Morgan fingerprint density at radius 1 is 0.273 bits per heavy atom. The highest BCUT2D eigenvalue weighted by Crippen LogP contribution is 2.50. The number of nitrogens with zero attached hydrogens (tertiary/aromatic N) is 1. The average molecular weight is 856 g/mol. The van der Waals surface area contributed by atoms with Gasteiger partial charge in [0.1, 0.15) is 0 Å². The molecule has 0 aliphatic rings. The molecule has 0 unspecified atom stereocenters. The quantitative estimate of drug-likeness (QED) is 0.144. The lowest BCUT2D eigenvalue weighted by Gasteiger charge is -2.29. The van der Waals surface area contributed by atoms with Gasteiger partial charge in [0.25, 0.3) is 0 Å². The van der Waals surface area contributed by atoms with Gasteiger partial charge in [-0.2, -0.15) is 0 Å². The fourth-order valence-corrected chi connectivity index (χ4v) is 11.7. The Kier molecular flexibility index (Phi) is 9.11. The average Bonchev–Trinajstić information content (AvgIpc) is 3.78. The molecule has 66 heavy (non-hydrogen) atoms. The SMILES string of the molecule is c1ccc(-c2c(-c3ccccc3)c3cc(-c4ccccc4N(c4ccc(-c5cccc6c5ccc5ccccc56)cc4)c4cccc5c4sc4ccccc45)ccc3c3ccccc23)cc1. The number of anilines is 3. The lowest BCUT2D eigenvalue weighted by Crippen LogP contribution is -2.11. The molecule has 0 aliphatic carbocycles. The molecule has 2 heteroatoms. The molecule has 0 amide bonds. The van der Waals surface area contributed by atoms with Crippen molar-refractivity contribution in [3.8, 4) is 44.5 Å². The molecule has 1 nitrogen and oxygen atoms in total. The Morgan fingerprint density at radius 3 is 1.61 bits per heavy atom. The number of benzene rings is 12. The Hall–Kier alpha value is -8.30. The number of hydrogen-bond acceptors (Lipinski definition) is 2. The first kappa shape index (κ1) is 38.2. The van der Waals surface area contributed by atoms with Gasteiger partial charge in [-0.05, 0) is 118 Å². The summed E-state index contributed by atoms with van der Waals surface area (Å²) in [5, 5.41) is 12.6. The molecule has 0 atom stereocenters. The van der Waals surface area contributed by atoms with Crippen LogP contribution in [0.25, 0.3) is 108 Å². The normalized spacial score (nSPS) is 11.6. The second-order valence-corrected chi connectivity index (χ2v) is 18.2. The molecule has 0 radical (unpaired) electrons. The van der Waals surface area contributed by atoms with Gasteiger partial charge in [0.15, 0.2) is 0 Å². The van der Waals surface area contributed by atoms with E-state index in [1.807, 2.05) is 11.3 Å². The molecule has 0 bridgehead atoms. The highest BCUT2D eigenvalue weighted by atomic mass is 32.1. The first-order chi connectivity index (χ1) is 32.8. The van der Waals surface area contributed by atoms with E-state index in [9.17, 15) is 0 Å². The van der Waals surface area contributed by atoms with Gasteiger partial charge in [-0.1, -0.05) is 212 Å². The minimum absolute atomic E-state index is 1.10. The Bertz CT molecular complexity index is 3980. The second-order valence-electron chi connectivity index (χ2n) is 17.1. The predicted molar refractivity (Wildman–Crippen MR) is 286 cm³/mol. The van der Waals surface area contributed by atoms with Crippen LogP contribution >= 0.6 is 11.3 Å². The minimum atomic E-state index is 1.10. The van der Waals surface area contributed by atoms with Crippen LogP contribution in [0, 0.1) is 0 Å². The first-order valence-corrected chi connectivity index (χ1v) is 23.5. The van der Waals surface area contributed by atoms with Crippen molar-refractivity contribution in [2.24, 2.45) is 0 Å². The topological polar surface area (TPSA) is 3.24 Å². The maximum Gasteiger partial charge on any atom is 0.0640 e. The van der Waals surface area contributed by atoms with E-state index < -0.39 is 0 Å². The van der Waals surface area contributed by atoms with E-state index in [0.717, 1.165) is 28.2 Å². The Labute approximate surface area is 387 Å². The van der Waals surface area contributed by atoms with Crippen molar-refractivity contribution in [3.63, 3.8) is 0 Å². The summed E-state index contributed by atoms with van der Waals surface area (Å²) < 4.78 is 2.55. The summed E-state index contributed by atoms with van der Waals surface area (Å²) in [7, 11) is 0. The van der Waals surface area contributed by atoms with E-state index in [1.54, 1.807) is 0 Å². The van der Waals surface area contributed by atoms with E-state index in [4.69, 9.17) is 0 Å². The molecule has 0 aliphatic heterocycles. The molecular formula is C64H41NS. The molecule has 0 fully saturated rings. The lowest BCUT2D eigenvalue weighted by molar-refractivity contribution is 1.30. The van der Waals surface area contributed by atoms with Crippen LogP contribution in [0.5, 0.6) is 0 Å². The van der Waals surface area contributed by atoms with Crippen LogP contribution in [0.15, 0.2) is 249 Å². The first-order valence-electron chi connectivity index (χ1n) is 22.7. The van der Waals surface area contributed by atoms with Crippen molar-refractivity contribution in [3.05, 3.63) is 249 Å². The van der Waals surface area contributed by atoms with Gasteiger partial charge in [0.2, 0.25) is 0 Å². The summed E-state index contributed by atoms with van der Waals surface area (Å²) >= 11 is 1.87. The molecule has 0 saturated carbocycles. The van der Waals surface area contributed by atoms with Gasteiger partial charge >= 0.3 is 0 Å². The van der Waals surface area contributed by atoms with Crippen molar-refractivity contribution in [1.82, 2.24) is 0 Å². The largest absolute Gasteiger partial charge is 0.308 e. The van der Waals surface area contributed by atoms with E-state index in [1.165, 1.54) is 96.6 Å². The van der Waals surface area contributed by atoms with Crippen molar-refractivity contribution in [2.75, 3.05) is 4.90 Å². The smallest absolute Gasteiger partial charge is 0.0640 e. The minimum Gasteiger partial charge on any atom is -0.308 e. The maximum atomic E-state index is 2.49. The van der Waals surface area contributed by atoms with Gasteiger partial charge in [0, 0.05) is 26.7 Å². The molecular weight excluding hydrogens is 815 g/mol. The molecule has 0 spiro atoms. The number of fused-ring (bicyclic) bond motifs is 9. The van der Waals surface area contributed by atoms with Gasteiger partial charge in [-0.15, -0.1) is 11.3 Å². The lowest BCUT2D eigenvalue weighted by atomic mass is 9.84. The van der Waals surface area contributed by atoms with E-state index in [-0.39, 0.29) is 0 Å². The van der Waals surface area contributed by atoms with Gasteiger partial charge in [0.05, 0.1) is 16.1 Å². The highest BCUT2D eigenvalue weighted by Gasteiger charge is 2.23. The zero-order valence-corrected chi connectivity index (χ0v) is 36.8. The zero-order valence-electron chi connectivity index (χ0n) is 36.0.